The van der Waals surface area contributed by atoms with E-state index in [0.717, 1.165) is 29.8 Å². The van der Waals surface area contributed by atoms with Crippen LogP contribution in [0, 0.1) is 0 Å². The van der Waals surface area contributed by atoms with E-state index in [4.69, 9.17) is 9.97 Å². The van der Waals surface area contributed by atoms with Crippen LogP contribution in [0.15, 0.2) is 91.3 Å². The molecular formula is C26H23N5O. The largest absolute Gasteiger partial charge is 0.340 e. The minimum Gasteiger partial charge on any atom is -0.340 e. The third-order valence-corrected chi connectivity index (χ3v) is 5.58. The van der Waals surface area contributed by atoms with E-state index >= 15 is 0 Å². The van der Waals surface area contributed by atoms with Crippen molar-refractivity contribution in [2.24, 2.45) is 0 Å². The van der Waals surface area contributed by atoms with Crippen LogP contribution in [0.4, 0.5) is 11.5 Å². The van der Waals surface area contributed by atoms with Gasteiger partial charge in [0.15, 0.2) is 5.82 Å². The first-order chi connectivity index (χ1) is 15.8. The quantitative estimate of drug-likeness (QED) is 0.476. The number of hydrogen-bond donors (Lipinski definition) is 1. The second kappa shape index (κ2) is 8.98. The number of anilines is 2. The summed E-state index contributed by atoms with van der Waals surface area (Å²) in [7, 11) is 0. The molecule has 158 valence electrons. The van der Waals surface area contributed by atoms with E-state index in [1.165, 1.54) is 0 Å². The van der Waals surface area contributed by atoms with Crippen molar-refractivity contribution in [3.63, 3.8) is 0 Å². The van der Waals surface area contributed by atoms with Crippen molar-refractivity contribution in [1.29, 1.82) is 0 Å². The fraction of sp³-hybridized carbons (Fsp3) is 0.154. The molecule has 5 rings (SSSR count). The van der Waals surface area contributed by atoms with Crippen LogP contribution in [0.5, 0.6) is 0 Å². The molecule has 0 spiro atoms. The van der Waals surface area contributed by atoms with Crippen molar-refractivity contribution in [3.8, 4) is 11.3 Å². The zero-order chi connectivity index (χ0) is 21.8. The molecular weight excluding hydrogens is 398 g/mol. The number of nitrogens with one attached hydrogen (secondary N) is 1. The standard InChI is InChI=1S/C26H23N5O/c32-26(19-9-3-1-4-10-19)31-16-8-14-23(31)25-29-22(20-11-7-15-27-18-20)17-24(30-25)28-21-12-5-2-6-13-21/h1-7,9-13,15,17-18,23H,8,14,16H2,(H,28,29,30). The highest BCUT2D eigenvalue weighted by Gasteiger charge is 2.33. The van der Waals surface area contributed by atoms with E-state index in [-0.39, 0.29) is 11.9 Å². The summed E-state index contributed by atoms with van der Waals surface area (Å²) in [5.74, 6) is 1.35. The molecule has 0 bridgehead atoms. The van der Waals surface area contributed by atoms with Gasteiger partial charge in [0.2, 0.25) is 0 Å². The van der Waals surface area contributed by atoms with Crippen LogP contribution in [0.1, 0.15) is 35.1 Å². The number of nitrogens with zero attached hydrogens (tertiary/aromatic N) is 4. The zero-order valence-electron chi connectivity index (χ0n) is 17.6. The van der Waals surface area contributed by atoms with E-state index < -0.39 is 0 Å². The number of pyridine rings is 1. The Morgan fingerprint density at radius 2 is 1.72 bits per heavy atom. The smallest absolute Gasteiger partial charge is 0.254 e. The van der Waals surface area contributed by atoms with E-state index in [2.05, 4.69) is 10.3 Å². The summed E-state index contributed by atoms with van der Waals surface area (Å²) >= 11 is 0. The maximum absolute atomic E-state index is 13.2. The summed E-state index contributed by atoms with van der Waals surface area (Å²) in [6, 6.07) is 24.9. The van der Waals surface area contributed by atoms with Crippen molar-refractivity contribution in [2.45, 2.75) is 18.9 Å². The second-order valence-electron chi connectivity index (χ2n) is 7.75. The molecule has 0 radical (unpaired) electrons. The van der Waals surface area contributed by atoms with Crippen LogP contribution < -0.4 is 5.32 Å². The van der Waals surface area contributed by atoms with Crippen molar-refractivity contribution < 1.29 is 4.79 Å². The molecule has 2 aromatic heterocycles. The molecule has 1 aliphatic heterocycles. The minimum atomic E-state index is -0.171. The number of carbonyl (C=O) groups is 1. The Kier molecular flexibility index (Phi) is 5.58. The minimum absolute atomic E-state index is 0.0149. The summed E-state index contributed by atoms with van der Waals surface area (Å²) < 4.78 is 0. The number of benzene rings is 2. The Morgan fingerprint density at radius 3 is 2.47 bits per heavy atom. The van der Waals surface area contributed by atoms with Crippen LogP contribution in [0.25, 0.3) is 11.3 Å². The lowest BCUT2D eigenvalue weighted by Gasteiger charge is -2.24. The molecule has 3 heterocycles. The summed E-state index contributed by atoms with van der Waals surface area (Å²) in [6.07, 6.45) is 5.29. The molecule has 6 heteroatoms. The molecule has 1 saturated heterocycles. The Bertz CT molecular complexity index is 1200. The average molecular weight is 422 g/mol. The molecule has 1 aliphatic rings. The van der Waals surface area contributed by atoms with Crippen LogP contribution in [-0.2, 0) is 0 Å². The summed E-state index contributed by atoms with van der Waals surface area (Å²) in [5, 5.41) is 3.38. The number of carbonyl (C=O) groups excluding carboxylic acids is 1. The maximum Gasteiger partial charge on any atom is 0.254 e. The van der Waals surface area contributed by atoms with Crippen molar-refractivity contribution >= 4 is 17.4 Å². The Balaban J connectivity index is 1.53. The van der Waals surface area contributed by atoms with Crippen molar-refractivity contribution in [1.82, 2.24) is 19.9 Å². The van der Waals surface area contributed by atoms with Gasteiger partial charge in [0.1, 0.15) is 5.82 Å². The first-order valence-corrected chi connectivity index (χ1v) is 10.8. The number of aromatic nitrogens is 3. The van der Waals surface area contributed by atoms with Crippen LogP contribution in [0.3, 0.4) is 0 Å². The second-order valence-corrected chi connectivity index (χ2v) is 7.75. The Labute approximate surface area is 187 Å². The van der Waals surface area contributed by atoms with Crippen LogP contribution >= 0.6 is 0 Å². The lowest BCUT2D eigenvalue weighted by molar-refractivity contribution is 0.0730. The average Bonchev–Trinajstić information content (AvgIpc) is 3.35. The van der Waals surface area contributed by atoms with Crippen LogP contribution in [-0.4, -0.2) is 32.3 Å². The fourth-order valence-electron chi connectivity index (χ4n) is 4.04. The number of rotatable bonds is 5. The van der Waals surface area contributed by atoms with Gasteiger partial charge in [-0.15, -0.1) is 0 Å². The summed E-state index contributed by atoms with van der Waals surface area (Å²) in [4.78, 5) is 29.0. The van der Waals surface area contributed by atoms with Crippen molar-refractivity contribution in [2.75, 3.05) is 11.9 Å². The number of para-hydroxylation sites is 1. The number of amides is 1. The molecule has 1 atom stereocenters. The molecule has 6 nitrogen and oxygen atoms in total. The van der Waals surface area contributed by atoms with Gasteiger partial charge >= 0.3 is 0 Å². The third-order valence-electron chi connectivity index (χ3n) is 5.58. The molecule has 0 aliphatic carbocycles. The predicted molar refractivity (Wildman–Crippen MR) is 124 cm³/mol. The van der Waals surface area contributed by atoms with E-state index in [9.17, 15) is 4.79 Å². The van der Waals surface area contributed by atoms with Gasteiger partial charge in [0.25, 0.3) is 5.91 Å². The fourth-order valence-corrected chi connectivity index (χ4v) is 4.04. The first-order valence-electron chi connectivity index (χ1n) is 10.8. The first kappa shape index (κ1) is 19.9. The SMILES string of the molecule is O=C(c1ccccc1)N1CCCC1c1nc(Nc2ccccc2)cc(-c2cccnc2)n1. The third kappa shape index (κ3) is 4.21. The van der Waals surface area contributed by atoms with Gasteiger partial charge in [-0.1, -0.05) is 36.4 Å². The number of likely N-dealkylation sites (tertiary alicyclic amines) is 1. The molecule has 1 unspecified atom stereocenters. The van der Waals surface area contributed by atoms with E-state index in [0.29, 0.717) is 23.8 Å². The molecule has 0 saturated carbocycles. The van der Waals surface area contributed by atoms with E-state index in [1.807, 2.05) is 83.8 Å². The lowest BCUT2D eigenvalue weighted by Crippen LogP contribution is -2.31. The van der Waals surface area contributed by atoms with Gasteiger partial charge in [0, 0.05) is 41.8 Å². The molecule has 1 N–H and O–H groups in total. The highest BCUT2D eigenvalue weighted by Crippen LogP contribution is 2.33. The predicted octanol–water partition coefficient (Wildman–Crippen LogP) is 5.26. The van der Waals surface area contributed by atoms with Gasteiger partial charge in [-0.3, -0.25) is 9.78 Å². The Hall–Kier alpha value is -4.06. The van der Waals surface area contributed by atoms with Gasteiger partial charge in [-0.05, 0) is 49.2 Å². The van der Waals surface area contributed by atoms with Gasteiger partial charge in [-0.25, -0.2) is 9.97 Å². The monoisotopic (exact) mass is 421 g/mol. The molecule has 2 aromatic carbocycles. The summed E-state index contributed by atoms with van der Waals surface area (Å²) in [5.41, 5.74) is 3.31. The Morgan fingerprint density at radius 1 is 0.938 bits per heavy atom. The zero-order valence-corrected chi connectivity index (χ0v) is 17.6. The lowest BCUT2D eigenvalue weighted by atomic mass is 10.1. The normalized spacial score (nSPS) is 15.5. The highest BCUT2D eigenvalue weighted by molar-refractivity contribution is 5.94. The van der Waals surface area contributed by atoms with Crippen LogP contribution in [0.2, 0.25) is 0 Å². The molecule has 32 heavy (non-hydrogen) atoms. The molecule has 4 aromatic rings. The summed E-state index contributed by atoms with van der Waals surface area (Å²) in [6.45, 7) is 0.695. The van der Waals surface area contributed by atoms with Gasteiger partial charge < -0.3 is 10.2 Å². The van der Waals surface area contributed by atoms with Crippen molar-refractivity contribution in [3.05, 3.63) is 103 Å². The van der Waals surface area contributed by atoms with Gasteiger partial charge in [0.05, 0.1) is 11.7 Å². The van der Waals surface area contributed by atoms with E-state index in [1.54, 1.807) is 12.4 Å². The van der Waals surface area contributed by atoms with Gasteiger partial charge in [-0.2, -0.15) is 0 Å². The number of hydrogen-bond acceptors (Lipinski definition) is 5. The molecule has 1 amide bonds. The topological polar surface area (TPSA) is 71.0 Å². The molecule has 1 fully saturated rings. The highest BCUT2D eigenvalue weighted by atomic mass is 16.2. The maximum atomic E-state index is 13.2.